The number of hydrogen-bond donors (Lipinski definition) is 1. The van der Waals surface area contributed by atoms with Gasteiger partial charge in [-0.25, -0.2) is 4.98 Å². The van der Waals surface area contributed by atoms with E-state index in [1.807, 2.05) is 7.05 Å². The molecule has 0 radical (unpaired) electrons. The lowest BCUT2D eigenvalue weighted by Crippen LogP contribution is -2.45. The zero-order valence-corrected chi connectivity index (χ0v) is 14.8. The van der Waals surface area contributed by atoms with Crippen LogP contribution in [0.4, 0.5) is 0 Å². The zero-order chi connectivity index (χ0) is 15.5. The van der Waals surface area contributed by atoms with Crippen molar-refractivity contribution in [3.63, 3.8) is 0 Å². The molecule has 0 aromatic carbocycles. The van der Waals surface area contributed by atoms with E-state index >= 15 is 0 Å². The van der Waals surface area contributed by atoms with Crippen molar-refractivity contribution in [2.24, 2.45) is 10.9 Å². The third kappa shape index (κ3) is 4.43. The van der Waals surface area contributed by atoms with Crippen molar-refractivity contribution in [2.45, 2.75) is 52.5 Å². The summed E-state index contributed by atoms with van der Waals surface area (Å²) in [7, 11) is 1.86. The summed E-state index contributed by atoms with van der Waals surface area (Å²) in [6.07, 6.45) is 2.51. The molecular weight excluding hydrogens is 280 g/mol. The van der Waals surface area contributed by atoms with Crippen molar-refractivity contribution in [1.29, 1.82) is 0 Å². The van der Waals surface area contributed by atoms with Crippen LogP contribution < -0.4 is 5.32 Å². The summed E-state index contributed by atoms with van der Waals surface area (Å²) < 4.78 is 0. The molecule has 0 bridgehead atoms. The summed E-state index contributed by atoms with van der Waals surface area (Å²) in [6, 6.07) is 0. The Kier molecular flexibility index (Phi) is 5.25. The smallest absolute Gasteiger partial charge is 0.193 e. The first-order valence-corrected chi connectivity index (χ1v) is 8.68. The molecule has 1 aromatic rings. The Hall–Kier alpha value is -1.10. The Morgan fingerprint density at radius 1 is 1.43 bits per heavy atom. The van der Waals surface area contributed by atoms with Gasteiger partial charge in [0.2, 0.25) is 0 Å². The Morgan fingerprint density at radius 2 is 2.10 bits per heavy atom. The fourth-order valence-corrected chi connectivity index (χ4v) is 3.36. The van der Waals surface area contributed by atoms with E-state index in [1.165, 1.54) is 17.8 Å². The van der Waals surface area contributed by atoms with Crippen molar-refractivity contribution in [2.75, 3.05) is 20.1 Å². The van der Waals surface area contributed by atoms with Gasteiger partial charge < -0.3 is 10.2 Å². The molecule has 0 atom stereocenters. The standard InChI is InChI=1S/C16H28N4S/c1-12-6-8-20(9-7-12)15(17-5)18-10-13-11-21-14(19-13)16(2,3)4/h11-12H,6-10H2,1-5H3,(H,17,18). The second kappa shape index (κ2) is 6.77. The van der Waals surface area contributed by atoms with Gasteiger partial charge in [0.1, 0.15) is 0 Å². The maximum Gasteiger partial charge on any atom is 0.193 e. The van der Waals surface area contributed by atoms with Crippen LogP contribution in [0.1, 0.15) is 51.2 Å². The molecule has 1 saturated heterocycles. The Labute approximate surface area is 132 Å². The fourth-order valence-electron chi connectivity index (χ4n) is 2.45. The number of likely N-dealkylation sites (tertiary alicyclic amines) is 1. The molecule has 1 fully saturated rings. The number of piperidine rings is 1. The van der Waals surface area contributed by atoms with E-state index in [0.717, 1.165) is 37.2 Å². The van der Waals surface area contributed by atoms with Gasteiger partial charge in [0.05, 0.1) is 17.2 Å². The van der Waals surface area contributed by atoms with Crippen LogP contribution in [0.5, 0.6) is 0 Å². The van der Waals surface area contributed by atoms with Crippen molar-refractivity contribution >= 4 is 17.3 Å². The quantitative estimate of drug-likeness (QED) is 0.673. The van der Waals surface area contributed by atoms with Crippen LogP contribution >= 0.6 is 11.3 Å². The van der Waals surface area contributed by atoms with Gasteiger partial charge in [-0.15, -0.1) is 11.3 Å². The molecule has 5 heteroatoms. The van der Waals surface area contributed by atoms with Crippen molar-refractivity contribution < 1.29 is 0 Å². The van der Waals surface area contributed by atoms with Crippen LogP contribution in [0.3, 0.4) is 0 Å². The molecule has 0 saturated carbocycles. The summed E-state index contributed by atoms with van der Waals surface area (Å²) in [5.74, 6) is 1.85. The third-order valence-electron chi connectivity index (χ3n) is 3.92. The zero-order valence-electron chi connectivity index (χ0n) is 13.9. The predicted octanol–water partition coefficient (Wildman–Crippen LogP) is 3.25. The number of nitrogens with one attached hydrogen (secondary N) is 1. The fraction of sp³-hybridized carbons (Fsp3) is 0.750. The molecule has 21 heavy (non-hydrogen) atoms. The molecular formula is C16H28N4S. The first-order chi connectivity index (χ1) is 9.90. The Morgan fingerprint density at radius 3 is 2.62 bits per heavy atom. The molecule has 2 rings (SSSR count). The SMILES string of the molecule is CN=C(NCc1csc(C(C)(C)C)n1)N1CCC(C)CC1. The van der Waals surface area contributed by atoms with Gasteiger partial charge >= 0.3 is 0 Å². The molecule has 0 amide bonds. The highest BCUT2D eigenvalue weighted by Gasteiger charge is 2.20. The summed E-state index contributed by atoms with van der Waals surface area (Å²) in [5.41, 5.74) is 1.24. The van der Waals surface area contributed by atoms with E-state index in [-0.39, 0.29) is 5.41 Å². The maximum atomic E-state index is 4.73. The molecule has 2 heterocycles. The minimum Gasteiger partial charge on any atom is -0.351 e. The number of nitrogens with zero attached hydrogens (tertiary/aromatic N) is 3. The number of thiazole rings is 1. The second-order valence-electron chi connectivity index (χ2n) is 6.96. The van der Waals surface area contributed by atoms with Crippen molar-refractivity contribution in [3.8, 4) is 0 Å². The summed E-state index contributed by atoms with van der Waals surface area (Å²) >= 11 is 1.75. The van der Waals surface area contributed by atoms with E-state index in [9.17, 15) is 0 Å². The van der Waals surface area contributed by atoms with E-state index in [1.54, 1.807) is 11.3 Å². The van der Waals surface area contributed by atoms with Crippen LogP contribution in [-0.2, 0) is 12.0 Å². The Bertz CT molecular complexity index is 479. The first-order valence-electron chi connectivity index (χ1n) is 7.80. The molecule has 0 spiro atoms. The summed E-state index contributed by atoms with van der Waals surface area (Å²) in [5, 5.41) is 6.80. The monoisotopic (exact) mass is 308 g/mol. The van der Waals surface area contributed by atoms with Crippen LogP contribution in [0.2, 0.25) is 0 Å². The van der Waals surface area contributed by atoms with Crippen LogP contribution in [0.15, 0.2) is 10.4 Å². The van der Waals surface area contributed by atoms with E-state index in [2.05, 4.69) is 48.3 Å². The highest BCUT2D eigenvalue weighted by Crippen LogP contribution is 2.25. The van der Waals surface area contributed by atoms with Crippen LogP contribution in [-0.4, -0.2) is 36.0 Å². The van der Waals surface area contributed by atoms with Crippen LogP contribution in [0.25, 0.3) is 0 Å². The molecule has 1 aromatic heterocycles. The predicted molar refractivity (Wildman–Crippen MR) is 91.0 cm³/mol. The number of aliphatic imine (C=N–C) groups is 1. The molecule has 1 aliphatic rings. The van der Waals surface area contributed by atoms with Gasteiger partial charge in [-0.2, -0.15) is 0 Å². The maximum absolute atomic E-state index is 4.73. The molecule has 118 valence electrons. The lowest BCUT2D eigenvalue weighted by Gasteiger charge is -2.32. The van der Waals surface area contributed by atoms with E-state index in [4.69, 9.17) is 4.98 Å². The lowest BCUT2D eigenvalue weighted by molar-refractivity contribution is 0.273. The summed E-state index contributed by atoms with van der Waals surface area (Å²) in [6.45, 7) is 11.9. The van der Waals surface area contributed by atoms with Crippen molar-refractivity contribution in [1.82, 2.24) is 15.2 Å². The lowest BCUT2D eigenvalue weighted by atomic mass is 9.98. The number of guanidine groups is 1. The topological polar surface area (TPSA) is 40.5 Å². The van der Waals surface area contributed by atoms with Crippen LogP contribution in [0, 0.1) is 5.92 Å². The summed E-state index contributed by atoms with van der Waals surface area (Å²) in [4.78, 5) is 11.5. The van der Waals surface area contributed by atoms with Gasteiger partial charge in [0, 0.05) is 30.9 Å². The molecule has 4 nitrogen and oxygen atoms in total. The van der Waals surface area contributed by atoms with Gasteiger partial charge in [-0.3, -0.25) is 4.99 Å². The average Bonchev–Trinajstić information content (AvgIpc) is 2.90. The Balaban J connectivity index is 1.90. The minimum atomic E-state index is 0.133. The molecule has 1 N–H and O–H groups in total. The minimum absolute atomic E-state index is 0.133. The van der Waals surface area contributed by atoms with Gasteiger partial charge in [-0.1, -0.05) is 27.7 Å². The van der Waals surface area contributed by atoms with Gasteiger partial charge in [-0.05, 0) is 18.8 Å². The normalized spacial score (nSPS) is 18.1. The molecule has 0 aliphatic carbocycles. The first kappa shape index (κ1) is 16.3. The van der Waals surface area contributed by atoms with E-state index in [0.29, 0.717) is 0 Å². The average molecular weight is 308 g/mol. The highest BCUT2D eigenvalue weighted by atomic mass is 32.1. The third-order valence-corrected chi connectivity index (χ3v) is 5.23. The molecule has 1 aliphatic heterocycles. The van der Waals surface area contributed by atoms with E-state index < -0.39 is 0 Å². The number of rotatable bonds is 2. The molecule has 0 unspecified atom stereocenters. The second-order valence-corrected chi connectivity index (χ2v) is 7.82. The highest BCUT2D eigenvalue weighted by molar-refractivity contribution is 7.09. The number of aromatic nitrogens is 1. The number of hydrogen-bond acceptors (Lipinski definition) is 3. The van der Waals surface area contributed by atoms with Crippen molar-refractivity contribution in [3.05, 3.63) is 16.1 Å². The van der Waals surface area contributed by atoms with Gasteiger partial charge in [0.25, 0.3) is 0 Å². The largest absolute Gasteiger partial charge is 0.351 e. The van der Waals surface area contributed by atoms with Gasteiger partial charge in [0.15, 0.2) is 5.96 Å².